The predicted octanol–water partition coefficient (Wildman–Crippen LogP) is 6.54. The Morgan fingerprint density at radius 2 is 1.46 bits per heavy atom. The lowest BCUT2D eigenvalue weighted by Crippen LogP contribution is -2.59. The molecule has 0 saturated heterocycles. The van der Waals surface area contributed by atoms with Crippen molar-refractivity contribution in [1.82, 2.24) is 5.32 Å². The van der Waals surface area contributed by atoms with E-state index in [-0.39, 0.29) is 23.7 Å². The van der Waals surface area contributed by atoms with E-state index in [9.17, 15) is 10.2 Å². The minimum Gasteiger partial charge on any atom is -0.393 e. The van der Waals surface area contributed by atoms with Crippen molar-refractivity contribution in [3.8, 4) is 0 Å². The van der Waals surface area contributed by atoms with Crippen LogP contribution < -0.4 is 5.32 Å². The Kier molecular flexibility index (Phi) is 7.01. The van der Waals surface area contributed by atoms with Crippen molar-refractivity contribution in [3.05, 3.63) is 71.8 Å². The fraction of sp³-hybridized carbons (Fsp3) is 0.647. The molecule has 37 heavy (non-hydrogen) atoms. The molecule has 4 fully saturated rings. The SMILES string of the molecule is C[C@]12C[C@H](NCCC(c3ccccc3)c3ccccc3)[C@@H](O)C[C@@H]1CC[C@@H]1[C@@H]2CC[C@]2(C)[C@@H](O)CC[C@@H]12. The molecule has 4 aliphatic rings. The zero-order valence-corrected chi connectivity index (χ0v) is 22.9. The highest BCUT2D eigenvalue weighted by Gasteiger charge is 2.60. The number of benzene rings is 2. The largest absolute Gasteiger partial charge is 0.393 e. The van der Waals surface area contributed by atoms with Gasteiger partial charge in [0, 0.05) is 12.0 Å². The van der Waals surface area contributed by atoms with Gasteiger partial charge < -0.3 is 15.5 Å². The van der Waals surface area contributed by atoms with Crippen LogP contribution in [0.25, 0.3) is 0 Å². The van der Waals surface area contributed by atoms with Crippen molar-refractivity contribution in [1.29, 1.82) is 0 Å². The second-order valence-electron chi connectivity index (χ2n) is 13.5. The van der Waals surface area contributed by atoms with E-state index < -0.39 is 0 Å². The van der Waals surface area contributed by atoms with Gasteiger partial charge in [-0.1, -0.05) is 74.5 Å². The molecule has 0 heterocycles. The lowest BCUT2D eigenvalue weighted by atomic mass is 9.44. The average molecular weight is 502 g/mol. The van der Waals surface area contributed by atoms with E-state index in [4.69, 9.17) is 0 Å². The first-order valence-electron chi connectivity index (χ1n) is 15.1. The van der Waals surface area contributed by atoms with E-state index in [0.29, 0.717) is 23.2 Å². The van der Waals surface area contributed by atoms with Crippen LogP contribution in [0.4, 0.5) is 0 Å². The molecule has 4 saturated carbocycles. The molecule has 3 N–H and O–H groups in total. The summed E-state index contributed by atoms with van der Waals surface area (Å²) in [6.45, 7) is 5.86. The minimum absolute atomic E-state index is 0.103. The van der Waals surface area contributed by atoms with Crippen molar-refractivity contribution in [2.75, 3.05) is 6.54 Å². The molecule has 2 aromatic carbocycles. The topological polar surface area (TPSA) is 52.5 Å². The normalized spacial score (nSPS) is 41.2. The molecule has 0 radical (unpaired) electrons. The molecule has 0 aliphatic heterocycles. The Balaban J connectivity index is 1.15. The van der Waals surface area contributed by atoms with Crippen LogP contribution in [0, 0.1) is 34.5 Å². The highest BCUT2D eigenvalue weighted by Crippen LogP contribution is 2.66. The minimum atomic E-state index is -0.247. The summed E-state index contributed by atoms with van der Waals surface area (Å²) in [6.07, 6.45) is 9.93. The van der Waals surface area contributed by atoms with E-state index >= 15 is 0 Å². The Morgan fingerprint density at radius 1 is 0.811 bits per heavy atom. The van der Waals surface area contributed by atoms with Gasteiger partial charge in [0.05, 0.1) is 12.2 Å². The Bertz CT molecular complexity index is 1000. The van der Waals surface area contributed by atoms with Crippen molar-refractivity contribution in [2.24, 2.45) is 34.5 Å². The second kappa shape index (κ2) is 10.1. The molecule has 0 aromatic heterocycles. The first-order valence-corrected chi connectivity index (χ1v) is 15.1. The van der Waals surface area contributed by atoms with Crippen LogP contribution in [0.2, 0.25) is 0 Å². The Hall–Kier alpha value is -1.68. The number of aliphatic hydroxyl groups is 2. The summed E-state index contributed by atoms with van der Waals surface area (Å²) in [7, 11) is 0. The van der Waals surface area contributed by atoms with Gasteiger partial charge in [0.2, 0.25) is 0 Å². The smallest absolute Gasteiger partial charge is 0.0696 e. The van der Waals surface area contributed by atoms with E-state index in [0.717, 1.165) is 44.1 Å². The Morgan fingerprint density at radius 3 is 2.14 bits per heavy atom. The highest BCUT2D eigenvalue weighted by molar-refractivity contribution is 5.32. The van der Waals surface area contributed by atoms with Crippen molar-refractivity contribution in [3.63, 3.8) is 0 Å². The van der Waals surface area contributed by atoms with E-state index in [1.165, 1.54) is 43.2 Å². The third-order valence-electron chi connectivity index (χ3n) is 11.9. The van der Waals surface area contributed by atoms with Gasteiger partial charge in [0.25, 0.3) is 0 Å². The maximum Gasteiger partial charge on any atom is 0.0696 e. The molecule has 4 aliphatic carbocycles. The van der Waals surface area contributed by atoms with Crippen LogP contribution >= 0.6 is 0 Å². The van der Waals surface area contributed by atoms with Crippen LogP contribution in [0.3, 0.4) is 0 Å². The van der Waals surface area contributed by atoms with Crippen molar-refractivity contribution in [2.45, 2.75) is 95.8 Å². The molecule has 6 rings (SSSR count). The maximum absolute atomic E-state index is 11.2. The Labute approximate surface area is 224 Å². The third kappa shape index (κ3) is 4.49. The molecular formula is C34H47NO2. The van der Waals surface area contributed by atoms with Gasteiger partial charge in [-0.05, 0) is 110 Å². The quantitative estimate of drug-likeness (QED) is 0.421. The molecule has 2 aromatic rings. The fourth-order valence-corrected chi connectivity index (χ4v) is 9.80. The highest BCUT2D eigenvalue weighted by atomic mass is 16.3. The number of fused-ring (bicyclic) bond motifs is 5. The molecule has 0 spiro atoms. The van der Waals surface area contributed by atoms with Gasteiger partial charge in [-0.3, -0.25) is 0 Å². The standard InChI is InChI=1S/C34H47NO2/c1-33-19-17-29-27(28(33)15-16-32(33)37)14-13-25-21-31(36)30(22-34(25,29)2)35-20-18-26(23-9-5-3-6-10-23)24-11-7-4-8-12-24/h3-12,25-32,35-37H,13-22H2,1-2H3/t25-,27-,28-,29-,30-,31-,32-,33-,34-/m0/s1. The number of nitrogens with one attached hydrogen (secondary N) is 1. The van der Waals surface area contributed by atoms with Gasteiger partial charge >= 0.3 is 0 Å². The number of aliphatic hydroxyl groups excluding tert-OH is 2. The number of rotatable bonds is 6. The summed E-state index contributed by atoms with van der Waals surface area (Å²) in [5.74, 6) is 3.19. The maximum atomic E-state index is 11.2. The van der Waals surface area contributed by atoms with Crippen molar-refractivity contribution < 1.29 is 10.2 Å². The molecule has 0 bridgehead atoms. The number of hydrogen-bond acceptors (Lipinski definition) is 3. The molecule has 3 nitrogen and oxygen atoms in total. The van der Waals surface area contributed by atoms with E-state index in [1.807, 2.05) is 0 Å². The molecule has 3 heteroatoms. The third-order valence-corrected chi connectivity index (χ3v) is 11.9. The summed E-state index contributed by atoms with van der Waals surface area (Å²) < 4.78 is 0. The zero-order chi connectivity index (χ0) is 25.6. The van der Waals surface area contributed by atoms with Crippen LogP contribution in [0.15, 0.2) is 60.7 Å². The van der Waals surface area contributed by atoms with Crippen LogP contribution in [0.1, 0.15) is 88.7 Å². The molecule has 0 unspecified atom stereocenters. The summed E-state index contributed by atoms with van der Waals surface area (Å²) in [5, 5.41) is 25.9. The predicted molar refractivity (Wildman–Crippen MR) is 150 cm³/mol. The van der Waals surface area contributed by atoms with Gasteiger partial charge in [-0.25, -0.2) is 0 Å². The second-order valence-corrected chi connectivity index (χ2v) is 13.5. The summed E-state index contributed by atoms with van der Waals surface area (Å²) in [5.41, 5.74) is 3.17. The van der Waals surface area contributed by atoms with Crippen molar-refractivity contribution >= 4 is 0 Å². The van der Waals surface area contributed by atoms with Crippen LogP contribution in [-0.2, 0) is 0 Å². The van der Waals surface area contributed by atoms with E-state index in [1.54, 1.807) is 0 Å². The van der Waals surface area contributed by atoms with Gasteiger partial charge in [-0.15, -0.1) is 0 Å². The van der Waals surface area contributed by atoms with Gasteiger partial charge in [0.15, 0.2) is 0 Å². The lowest BCUT2D eigenvalue weighted by Gasteiger charge is -2.61. The van der Waals surface area contributed by atoms with Gasteiger partial charge in [-0.2, -0.15) is 0 Å². The summed E-state index contributed by atoms with van der Waals surface area (Å²) >= 11 is 0. The van der Waals surface area contributed by atoms with Crippen LogP contribution in [0.5, 0.6) is 0 Å². The summed E-state index contributed by atoms with van der Waals surface area (Å²) in [4.78, 5) is 0. The van der Waals surface area contributed by atoms with Gasteiger partial charge in [0.1, 0.15) is 0 Å². The number of hydrogen-bond donors (Lipinski definition) is 3. The van der Waals surface area contributed by atoms with Crippen LogP contribution in [-0.4, -0.2) is 35.0 Å². The molecular weight excluding hydrogens is 454 g/mol. The first-order chi connectivity index (χ1) is 17.9. The fourth-order valence-electron chi connectivity index (χ4n) is 9.80. The first kappa shape index (κ1) is 25.6. The molecule has 9 atom stereocenters. The average Bonchev–Trinajstić information content (AvgIpc) is 3.22. The molecule has 200 valence electrons. The van der Waals surface area contributed by atoms with E-state index in [2.05, 4.69) is 79.8 Å². The molecule has 0 amide bonds. The lowest BCUT2D eigenvalue weighted by molar-refractivity contribution is -0.140. The monoisotopic (exact) mass is 501 g/mol. The summed E-state index contributed by atoms with van der Waals surface area (Å²) in [6, 6.07) is 21.9. The zero-order valence-electron chi connectivity index (χ0n) is 22.9.